The molecular weight excluding hydrogens is 251 g/mol. The lowest BCUT2D eigenvalue weighted by Crippen LogP contribution is -2.03. The van der Waals surface area contributed by atoms with Crippen LogP contribution in [0.15, 0.2) is 53.5 Å². The highest BCUT2D eigenvalue weighted by molar-refractivity contribution is 5.81. The zero-order chi connectivity index (χ0) is 13.9. The molecule has 2 aromatic carbocycles. The van der Waals surface area contributed by atoms with E-state index in [1.54, 1.807) is 12.3 Å². The summed E-state index contributed by atoms with van der Waals surface area (Å²) in [6.45, 7) is 1.97. The van der Waals surface area contributed by atoms with E-state index in [4.69, 9.17) is 0 Å². The van der Waals surface area contributed by atoms with Crippen molar-refractivity contribution < 1.29 is 13.2 Å². The van der Waals surface area contributed by atoms with Gasteiger partial charge < -0.3 is 0 Å². The van der Waals surface area contributed by atoms with Crippen molar-refractivity contribution in [3.05, 3.63) is 65.2 Å². The molecule has 0 fully saturated rings. The molecule has 0 bridgehead atoms. The summed E-state index contributed by atoms with van der Waals surface area (Å²) in [7, 11) is 0. The number of alkyl halides is 3. The Morgan fingerprint density at radius 2 is 1.68 bits per heavy atom. The van der Waals surface area contributed by atoms with Crippen LogP contribution in [0.4, 0.5) is 18.9 Å². The average molecular weight is 263 g/mol. The van der Waals surface area contributed by atoms with Gasteiger partial charge in [-0.15, -0.1) is 0 Å². The van der Waals surface area contributed by atoms with Crippen LogP contribution in [0.1, 0.15) is 16.7 Å². The van der Waals surface area contributed by atoms with Gasteiger partial charge >= 0.3 is 6.18 Å². The maximum Gasteiger partial charge on any atom is 0.416 e. The fourth-order valence-corrected chi connectivity index (χ4v) is 1.56. The van der Waals surface area contributed by atoms with Crippen LogP contribution in [-0.4, -0.2) is 6.21 Å². The van der Waals surface area contributed by atoms with Crippen LogP contribution < -0.4 is 0 Å². The summed E-state index contributed by atoms with van der Waals surface area (Å²) in [5.41, 5.74) is 1.57. The molecule has 0 radical (unpaired) electrons. The Bertz CT molecular complexity index is 583. The molecule has 0 amide bonds. The summed E-state index contributed by atoms with van der Waals surface area (Å²) in [6.07, 6.45) is -2.79. The minimum Gasteiger partial charge on any atom is -0.256 e. The smallest absolute Gasteiger partial charge is 0.256 e. The third kappa shape index (κ3) is 3.68. The largest absolute Gasteiger partial charge is 0.416 e. The average Bonchev–Trinajstić information content (AvgIpc) is 2.37. The molecule has 19 heavy (non-hydrogen) atoms. The van der Waals surface area contributed by atoms with Crippen molar-refractivity contribution in [1.29, 1.82) is 0 Å². The van der Waals surface area contributed by atoms with Crippen LogP contribution in [0.2, 0.25) is 0 Å². The van der Waals surface area contributed by atoms with Crippen LogP contribution in [0.5, 0.6) is 0 Å². The molecule has 4 heteroatoms. The zero-order valence-electron chi connectivity index (χ0n) is 10.3. The van der Waals surface area contributed by atoms with Gasteiger partial charge in [0.2, 0.25) is 0 Å². The molecule has 0 aromatic heterocycles. The van der Waals surface area contributed by atoms with Gasteiger partial charge in [0.25, 0.3) is 0 Å². The van der Waals surface area contributed by atoms with Crippen LogP contribution in [0, 0.1) is 6.92 Å². The molecule has 0 heterocycles. The maximum absolute atomic E-state index is 12.5. The van der Waals surface area contributed by atoms with Crippen molar-refractivity contribution in [3.63, 3.8) is 0 Å². The van der Waals surface area contributed by atoms with Gasteiger partial charge in [0.05, 0.1) is 11.3 Å². The normalized spacial score (nSPS) is 12.0. The number of hydrogen-bond acceptors (Lipinski definition) is 1. The predicted molar refractivity (Wildman–Crippen MR) is 69.9 cm³/mol. The molecule has 0 aliphatic rings. The molecule has 0 saturated heterocycles. The van der Waals surface area contributed by atoms with Crippen molar-refractivity contribution in [2.24, 2.45) is 4.99 Å². The van der Waals surface area contributed by atoms with Crippen LogP contribution >= 0.6 is 0 Å². The molecule has 2 aromatic rings. The molecule has 0 aliphatic heterocycles. The van der Waals surface area contributed by atoms with E-state index >= 15 is 0 Å². The lowest BCUT2D eigenvalue weighted by atomic mass is 10.1. The first-order valence-electron chi connectivity index (χ1n) is 5.73. The van der Waals surface area contributed by atoms with Crippen LogP contribution in [-0.2, 0) is 6.18 Å². The third-order valence-electron chi connectivity index (χ3n) is 2.61. The topological polar surface area (TPSA) is 12.4 Å². The first-order chi connectivity index (χ1) is 8.95. The SMILES string of the molecule is Cc1ccc(C=Nc2cccc(C(F)(F)F)c2)cc1. The fraction of sp³-hybridized carbons (Fsp3) is 0.133. The quantitative estimate of drug-likeness (QED) is 0.692. The van der Waals surface area contributed by atoms with E-state index in [0.717, 1.165) is 23.3 Å². The van der Waals surface area contributed by atoms with E-state index in [1.165, 1.54) is 6.07 Å². The van der Waals surface area contributed by atoms with Gasteiger partial charge in [-0.3, -0.25) is 4.99 Å². The molecule has 2 rings (SSSR count). The van der Waals surface area contributed by atoms with Crippen LogP contribution in [0.25, 0.3) is 0 Å². The lowest BCUT2D eigenvalue weighted by Gasteiger charge is -2.06. The predicted octanol–water partition coefficient (Wildman–Crippen LogP) is 4.76. The standard InChI is InChI=1S/C15H12F3N/c1-11-5-7-12(8-6-11)10-19-14-4-2-3-13(9-14)15(16,17)18/h2-10H,1H3. The van der Waals surface area contributed by atoms with Gasteiger partial charge in [0.1, 0.15) is 0 Å². The van der Waals surface area contributed by atoms with Gasteiger partial charge in [-0.05, 0) is 30.7 Å². The van der Waals surface area contributed by atoms with E-state index in [-0.39, 0.29) is 5.69 Å². The second kappa shape index (κ2) is 5.26. The minimum atomic E-state index is -4.34. The molecule has 98 valence electrons. The molecule has 0 unspecified atom stereocenters. The number of aryl methyl sites for hydroxylation is 1. The number of nitrogens with zero attached hydrogens (tertiary/aromatic N) is 1. The van der Waals surface area contributed by atoms with Gasteiger partial charge in [-0.25, -0.2) is 0 Å². The highest BCUT2D eigenvalue weighted by Crippen LogP contribution is 2.31. The third-order valence-corrected chi connectivity index (χ3v) is 2.61. The molecule has 0 spiro atoms. The zero-order valence-corrected chi connectivity index (χ0v) is 10.3. The molecule has 0 saturated carbocycles. The summed E-state index contributed by atoms with van der Waals surface area (Å²) in [5.74, 6) is 0. The summed E-state index contributed by atoms with van der Waals surface area (Å²) < 4.78 is 37.6. The Morgan fingerprint density at radius 1 is 1.00 bits per heavy atom. The number of benzene rings is 2. The Labute approximate surface area is 109 Å². The summed E-state index contributed by atoms with van der Waals surface area (Å²) in [4.78, 5) is 4.06. The van der Waals surface area contributed by atoms with Crippen molar-refractivity contribution >= 4 is 11.9 Å². The van der Waals surface area contributed by atoms with Gasteiger partial charge in [0.15, 0.2) is 0 Å². The highest BCUT2D eigenvalue weighted by atomic mass is 19.4. The number of aliphatic imine (C=N–C) groups is 1. The molecule has 0 atom stereocenters. The van der Waals surface area contributed by atoms with E-state index in [9.17, 15) is 13.2 Å². The Balaban J connectivity index is 2.21. The summed E-state index contributed by atoms with van der Waals surface area (Å²) in [6, 6.07) is 12.5. The van der Waals surface area contributed by atoms with E-state index < -0.39 is 11.7 Å². The Hall–Kier alpha value is -2.10. The molecule has 0 aliphatic carbocycles. The van der Waals surface area contributed by atoms with Crippen molar-refractivity contribution in [2.75, 3.05) is 0 Å². The van der Waals surface area contributed by atoms with Crippen molar-refractivity contribution in [3.8, 4) is 0 Å². The van der Waals surface area contributed by atoms with Crippen molar-refractivity contribution in [2.45, 2.75) is 13.1 Å². The van der Waals surface area contributed by atoms with E-state index in [0.29, 0.717) is 0 Å². The summed E-state index contributed by atoms with van der Waals surface area (Å²) >= 11 is 0. The molecular formula is C15H12F3N. The van der Waals surface area contributed by atoms with Gasteiger partial charge in [-0.2, -0.15) is 13.2 Å². The fourth-order valence-electron chi connectivity index (χ4n) is 1.56. The second-order valence-electron chi connectivity index (χ2n) is 4.22. The maximum atomic E-state index is 12.5. The minimum absolute atomic E-state index is 0.287. The van der Waals surface area contributed by atoms with E-state index in [1.807, 2.05) is 31.2 Å². The number of halogens is 3. The van der Waals surface area contributed by atoms with Gasteiger partial charge in [0, 0.05) is 6.21 Å². The van der Waals surface area contributed by atoms with Crippen molar-refractivity contribution in [1.82, 2.24) is 0 Å². The monoisotopic (exact) mass is 263 g/mol. The second-order valence-corrected chi connectivity index (χ2v) is 4.22. The number of rotatable bonds is 2. The first-order valence-corrected chi connectivity index (χ1v) is 5.73. The number of hydrogen-bond donors (Lipinski definition) is 0. The summed E-state index contributed by atoms with van der Waals surface area (Å²) in [5, 5.41) is 0. The molecule has 1 nitrogen and oxygen atoms in total. The molecule has 0 N–H and O–H groups in total. The van der Waals surface area contributed by atoms with Gasteiger partial charge in [-0.1, -0.05) is 35.9 Å². The highest BCUT2D eigenvalue weighted by Gasteiger charge is 2.30. The lowest BCUT2D eigenvalue weighted by molar-refractivity contribution is -0.137. The van der Waals surface area contributed by atoms with Crippen LogP contribution in [0.3, 0.4) is 0 Å². The first kappa shape index (κ1) is 13.3. The Kier molecular flexibility index (Phi) is 3.69. The van der Waals surface area contributed by atoms with E-state index in [2.05, 4.69) is 4.99 Å². The Morgan fingerprint density at radius 3 is 2.32 bits per heavy atom.